The number of nitrogens with one attached hydrogen (secondary N) is 2. The number of hydroxylamine groups is 1. The number of carbonyl (C=O) groups is 1. The van der Waals surface area contributed by atoms with Crippen LogP contribution in [-0.2, 0) is 9.63 Å². The van der Waals surface area contributed by atoms with E-state index in [1.165, 1.54) is 25.2 Å². The monoisotopic (exact) mass is 712 g/mol. The minimum Gasteiger partial charge on any atom is -0.494 e. The molecular formula is C35H43Cl2FN8O3. The Morgan fingerprint density at radius 2 is 1.82 bits per heavy atom. The van der Waals surface area contributed by atoms with Gasteiger partial charge in [0.25, 0.3) is 0 Å². The van der Waals surface area contributed by atoms with Crippen molar-refractivity contribution in [2.24, 2.45) is 0 Å². The van der Waals surface area contributed by atoms with Crippen LogP contribution < -0.4 is 25.3 Å². The Kier molecular flexibility index (Phi) is 11.1. The van der Waals surface area contributed by atoms with Gasteiger partial charge in [0.1, 0.15) is 23.7 Å². The average Bonchev–Trinajstić information content (AvgIpc) is 3.61. The molecule has 0 saturated carbocycles. The summed E-state index contributed by atoms with van der Waals surface area (Å²) in [6, 6.07) is 9.41. The first-order chi connectivity index (χ1) is 23.7. The highest BCUT2D eigenvalue weighted by molar-refractivity contribution is 6.42. The van der Waals surface area contributed by atoms with Crippen LogP contribution in [0.4, 0.5) is 33.1 Å². The number of anilines is 5. The third-order valence-electron chi connectivity index (χ3n) is 9.78. The first-order valence-corrected chi connectivity index (χ1v) is 17.4. The van der Waals surface area contributed by atoms with Crippen LogP contribution in [0.1, 0.15) is 43.7 Å². The number of ether oxygens (including phenoxy) is 1. The molecule has 0 spiro atoms. The van der Waals surface area contributed by atoms with Gasteiger partial charge in [0, 0.05) is 49.3 Å². The molecule has 6 rings (SSSR count). The van der Waals surface area contributed by atoms with Crippen molar-refractivity contribution in [3.05, 3.63) is 70.7 Å². The van der Waals surface area contributed by atoms with Gasteiger partial charge in [-0.2, -0.15) is 0 Å². The van der Waals surface area contributed by atoms with Crippen LogP contribution in [-0.4, -0.2) is 91.7 Å². The molecule has 3 fully saturated rings. The number of halogens is 3. The second-order valence-corrected chi connectivity index (χ2v) is 13.6. The van der Waals surface area contributed by atoms with Crippen molar-refractivity contribution < 1.29 is 18.8 Å². The second-order valence-electron chi connectivity index (χ2n) is 12.8. The van der Waals surface area contributed by atoms with E-state index in [1.807, 2.05) is 12.1 Å². The molecule has 49 heavy (non-hydrogen) atoms. The molecule has 2 N–H and O–H groups in total. The minimum absolute atomic E-state index is 0.129. The molecule has 1 amide bonds. The van der Waals surface area contributed by atoms with E-state index in [9.17, 15) is 4.79 Å². The molecular weight excluding hydrogens is 670 g/mol. The Morgan fingerprint density at radius 1 is 1.06 bits per heavy atom. The second kappa shape index (κ2) is 15.5. The molecule has 1 aromatic heterocycles. The molecule has 1 atom stereocenters. The number of piperidine rings is 2. The van der Waals surface area contributed by atoms with Gasteiger partial charge in [-0.25, -0.2) is 19.4 Å². The molecule has 0 aliphatic carbocycles. The predicted molar refractivity (Wildman–Crippen MR) is 193 cm³/mol. The number of aromatic nitrogens is 2. The summed E-state index contributed by atoms with van der Waals surface area (Å²) in [6.45, 7) is 7.99. The zero-order valence-corrected chi connectivity index (χ0v) is 29.6. The highest BCUT2D eigenvalue weighted by atomic mass is 35.5. The van der Waals surface area contributed by atoms with Crippen molar-refractivity contribution in [2.45, 2.75) is 50.2 Å². The number of nitrogens with zero attached hydrogens (tertiary/aromatic N) is 6. The fourth-order valence-corrected chi connectivity index (χ4v) is 7.39. The molecule has 0 bridgehead atoms. The van der Waals surface area contributed by atoms with Crippen LogP contribution in [0, 0.1) is 5.82 Å². The van der Waals surface area contributed by atoms with Gasteiger partial charge in [0.05, 0.1) is 46.9 Å². The molecule has 3 aliphatic rings. The molecule has 2 aromatic carbocycles. The summed E-state index contributed by atoms with van der Waals surface area (Å²) in [5.41, 5.74) is 2.45. The topological polar surface area (TPSA) is 98.3 Å². The maximum atomic E-state index is 15.1. The van der Waals surface area contributed by atoms with Crippen LogP contribution in [0.25, 0.3) is 0 Å². The van der Waals surface area contributed by atoms with Gasteiger partial charge >= 0.3 is 0 Å². The molecule has 3 aliphatic heterocycles. The quantitative estimate of drug-likeness (QED) is 0.175. The Labute approximate surface area is 296 Å². The van der Waals surface area contributed by atoms with E-state index in [0.717, 1.165) is 44.7 Å². The third-order valence-corrected chi connectivity index (χ3v) is 10.6. The molecule has 262 valence electrons. The van der Waals surface area contributed by atoms with Crippen LogP contribution >= 0.6 is 23.2 Å². The van der Waals surface area contributed by atoms with Crippen LogP contribution in [0.15, 0.2) is 49.3 Å². The highest BCUT2D eigenvalue weighted by Gasteiger charge is 2.33. The summed E-state index contributed by atoms with van der Waals surface area (Å²) in [7, 11) is 5.95. The fourth-order valence-electron chi connectivity index (χ4n) is 7.07. The lowest BCUT2D eigenvalue weighted by Gasteiger charge is -2.43. The van der Waals surface area contributed by atoms with Crippen molar-refractivity contribution in [1.29, 1.82) is 0 Å². The molecule has 4 heterocycles. The number of benzene rings is 2. The lowest BCUT2D eigenvalue weighted by molar-refractivity contribution is -0.111. The van der Waals surface area contributed by atoms with Gasteiger partial charge in [-0.05, 0) is 71.1 Å². The number of hydrogen-bond acceptors (Lipinski definition) is 10. The van der Waals surface area contributed by atoms with E-state index in [4.69, 9.17) is 32.8 Å². The van der Waals surface area contributed by atoms with Crippen molar-refractivity contribution in [2.75, 3.05) is 74.6 Å². The Bertz CT molecular complexity index is 1660. The van der Waals surface area contributed by atoms with Gasteiger partial charge in [-0.1, -0.05) is 35.8 Å². The Balaban J connectivity index is 1.21. The number of amides is 1. The summed E-state index contributed by atoms with van der Waals surface area (Å²) in [6.07, 6.45) is 7.66. The predicted octanol–water partition coefficient (Wildman–Crippen LogP) is 6.68. The molecule has 3 saturated heterocycles. The van der Waals surface area contributed by atoms with Gasteiger partial charge in [0.2, 0.25) is 5.91 Å². The van der Waals surface area contributed by atoms with Crippen molar-refractivity contribution >= 4 is 57.8 Å². The molecule has 3 aromatic rings. The van der Waals surface area contributed by atoms with E-state index in [0.29, 0.717) is 59.4 Å². The van der Waals surface area contributed by atoms with Crippen molar-refractivity contribution in [3.63, 3.8) is 0 Å². The van der Waals surface area contributed by atoms with E-state index in [2.05, 4.69) is 56.0 Å². The highest BCUT2D eigenvalue weighted by Crippen LogP contribution is 2.42. The van der Waals surface area contributed by atoms with Gasteiger partial charge < -0.3 is 30.1 Å². The first kappa shape index (κ1) is 35.2. The SMILES string of the molecule is C=CC(=O)Nc1cc(Nc2cc(N3OCC[C@@H]3c3ccc(Cl)c(Cl)c3F)ncn2)c(OC)cc1N1CCC(N2CCC(N(C)C)CC2)CC1. The number of rotatable bonds is 10. The Hall–Kier alpha value is -3.68. The lowest BCUT2D eigenvalue weighted by Crippen LogP contribution is -2.50. The fraction of sp³-hybridized carbons (Fsp3) is 0.457. The number of hydrogen-bond donors (Lipinski definition) is 2. The summed E-state index contributed by atoms with van der Waals surface area (Å²) >= 11 is 12.1. The molecule has 0 unspecified atom stereocenters. The maximum Gasteiger partial charge on any atom is 0.247 e. The van der Waals surface area contributed by atoms with Gasteiger partial charge in [-0.3, -0.25) is 9.63 Å². The molecule has 14 heteroatoms. The van der Waals surface area contributed by atoms with Crippen LogP contribution in [0.3, 0.4) is 0 Å². The van der Waals surface area contributed by atoms with Crippen LogP contribution in [0.5, 0.6) is 5.75 Å². The standard InChI is InChI=1S/C35H43Cl2FN8O3/c1-5-33(47)42-26-18-27(30(48-4)19-29(26)45-15-10-23(11-16-45)44-13-8-22(9-14-44)43(2)3)41-31-20-32(40-21-39-31)46-28(12-17-49-46)24-6-7-25(36)34(37)35(24)38/h5-7,18-23,28H,1,8-17H2,2-4H3,(H,42,47)(H,39,40,41)/t28-/m1/s1. The zero-order chi connectivity index (χ0) is 34.7. The minimum atomic E-state index is -0.588. The largest absolute Gasteiger partial charge is 0.494 e. The summed E-state index contributed by atoms with van der Waals surface area (Å²) in [5.74, 6) is 0.546. The van der Waals surface area contributed by atoms with Gasteiger partial charge in [-0.15, -0.1) is 0 Å². The van der Waals surface area contributed by atoms with Crippen molar-refractivity contribution in [1.82, 2.24) is 19.8 Å². The first-order valence-electron chi connectivity index (χ1n) is 16.6. The van der Waals surface area contributed by atoms with Crippen molar-refractivity contribution in [3.8, 4) is 5.75 Å². The summed E-state index contributed by atoms with van der Waals surface area (Å²) < 4.78 is 21.0. The average molecular weight is 714 g/mol. The van der Waals surface area contributed by atoms with Gasteiger partial charge in [0.15, 0.2) is 5.82 Å². The van der Waals surface area contributed by atoms with E-state index < -0.39 is 11.9 Å². The third kappa shape index (κ3) is 7.73. The summed E-state index contributed by atoms with van der Waals surface area (Å²) in [4.78, 5) is 34.6. The molecule has 0 radical (unpaired) electrons. The number of methoxy groups -OCH3 is 1. The van der Waals surface area contributed by atoms with E-state index >= 15 is 4.39 Å². The lowest BCUT2D eigenvalue weighted by atomic mass is 9.97. The smallest absolute Gasteiger partial charge is 0.247 e. The Morgan fingerprint density at radius 3 is 2.51 bits per heavy atom. The van der Waals surface area contributed by atoms with E-state index in [-0.39, 0.29) is 16.0 Å². The number of likely N-dealkylation sites (tertiary alicyclic amines) is 1. The summed E-state index contributed by atoms with van der Waals surface area (Å²) in [5, 5.41) is 7.88. The van der Waals surface area contributed by atoms with E-state index in [1.54, 1.807) is 30.4 Å². The zero-order valence-electron chi connectivity index (χ0n) is 28.1. The number of carbonyl (C=O) groups excluding carboxylic acids is 1. The van der Waals surface area contributed by atoms with Crippen LogP contribution in [0.2, 0.25) is 10.0 Å². The molecule has 11 nitrogen and oxygen atoms in total. The maximum absolute atomic E-state index is 15.1. The normalized spacial score (nSPS) is 19.4.